The number of ether oxygens (including phenoxy) is 2. The number of carbonyl (C=O) groups excluding carboxylic acids is 1. The van der Waals surface area contributed by atoms with Crippen LogP contribution < -0.4 is 14.8 Å². The van der Waals surface area contributed by atoms with Crippen LogP contribution in [-0.2, 0) is 11.2 Å². The second-order valence-electron chi connectivity index (χ2n) is 6.81. The van der Waals surface area contributed by atoms with Gasteiger partial charge in [-0.3, -0.25) is 4.79 Å². The molecule has 1 aliphatic heterocycles. The van der Waals surface area contributed by atoms with Gasteiger partial charge in [-0.25, -0.2) is 4.98 Å². The van der Waals surface area contributed by atoms with Gasteiger partial charge in [0, 0.05) is 28.6 Å². The predicted octanol–water partition coefficient (Wildman–Crippen LogP) is 4.77. The highest BCUT2D eigenvalue weighted by Crippen LogP contribution is 2.33. The van der Waals surface area contributed by atoms with Crippen LogP contribution in [0.4, 0.5) is 5.69 Å². The summed E-state index contributed by atoms with van der Waals surface area (Å²) < 4.78 is 11.3. The molecule has 28 heavy (non-hydrogen) atoms. The molecule has 0 atom stereocenters. The number of rotatable bonds is 4. The van der Waals surface area contributed by atoms with Gasteiger partial charge in [0.2, 0.25) is 5.91 Å². The van der Waals surface area contributed by atoms with E-state index in [1.807, 2.05) is 25.1 Å². The highest BCUT2D eigenvalue weighted by Gasteiger charge is 2.16. The van der Waals surface area contributed by atoms with E-state index >= 15 is 0 Å². The van der Waals surface area contributed by atoms with Crippen molar-refractivity contribution in [1.82, 2.24) is 4.98 Å². The van der Waals surface area contributed by atoms with Crippen LogP contribution in [0.1, 0.15) is 21.9 Å². The van der Waals surface area contributed by atoms with Crippen LogP contribution in [0.25, 0.3) is 11.3 Å². The number of anilines is 1. The first-order chi connectivity index (χ1) is 13.6. The molecule has 0 spiro atoms. The molecule has 4 rings (SSSR count). The number of nitrogens with one attached hydrogen (secondary N) is 1. The molecule has 0 saturated heterocycles. The molecule has 3 aromatic rings. The lowest BCUT2D eigenvalue weighted by atomic mass is 10.1. The molecule has 0 aliphatic carbocycles. The highest BCUT2D eigenvalue weighted by molar-refractivity contribution is 7.12. The molecule has 6 heteroatoms. The predicted molar refractivity (Wildman–Crippen MR) is 111 cm³/mol. The van der Waals surface area contributed by atoms with Crippen LogP contribution in [0.15, 0.2) is 42.5 Å². The fraction of sp³-hybridized carbons (Fsp3) is 0.273. The Labute approximate surface area is 168 Å². The third-order valence-corrected chi connectivity index (χ3v) is 5.45. The smallest absolute Gasteiger partial charge is 0.229 e. The van der Waals surface area contributed by atoms with Crippen molar-refractivity contribution in [2.45, 2.75) is 26.7 Å². The highest BCUT2D eigenvalue weighted by atomic mass is 32.1. The average molecular weight is 394 g/mol. The Morgan fingerprint density at radius 3 is 2.61 bits per heavy atom. The Bertz CT molecular complexity index is 996. The van der Waals surface area contributed by atoms with Crippen molar-refractivity contribution in [3.05, 3.63) is 57.9 Å². The molecule has 1 aliphatic rings. The second kappa shape index (κ2) is 8.02. The summed E-state index contributed by atoms with van der Waals surface area (Å²) in [6.07, 6.45) is 1.13. The molecule has 144 valence electrons. The number of aromatic nitrogens is 1. The Kier molecular flexibility index (Phi) is 5.30. The van der Waals surface area contributed by atoms with Gasteiger partial charge in [-0.2, -0.15) is 0 Å². The van der Waals surface area contributed by atoms with E-state index in [1.165, 1.54) is 5.56 Å². The van der Waals surface area contributed by atoms with E-state index in [2.05, 4.69) is 41.5 Å². The minimum Gasteiger partial charge on any atom is -0.490 e. The molecular formula is C22H22N2O3S. The number of hydrogen-bond acceptors (Lipinski definition) is 5. The normalized spacial score (nSPS) is 13.1. The van der Waals surface area contributed by atoms with Crippen molar-refractivity contribution < 1.29 is 14.3 Å². The zero-order valence-electron chi connectivity index (χ0n) is 16.0. The lowest BCUT2D eigenvalue weighted by Gasteiger charge is -2.10. The molecule has 1 aromatic heterocycles. The maximum atomic E-state index is 12.7. The number of hydrogen-bond donors (Lipinski definition) is 1. The lowest BCUT2D eigenvalue weighted by molar-refractivity contribution is -0.115. The van der Waals surface area contributed by atoms with Crippen molar-refractivity contribution >= 4 is 22.9 Å². The third kappa shape index (κ3) is 4.17. The number of benzene rings is 2. The van der Waals surface area contributed by atoms with Gasteiger partial charge in [-0.15, -0.1) is 11.3 Å². The van der Waals surface area contributed by atoms with Gasteiger partial charge in [0.25, 0.3) is 0 Å². The van der Waals surface area contributed by atoms with Crippen molar-refractivity contribution in [2.24, 2.45) is 0 Å². The summed E-state index contributed by atoms with van der Waals surface area (Å²) in [5, 5.41) is 3.92. The van der Waals surface area contributed by atoms with Crippen LogP contribution in [0, 0.1) is 13.8 Å². The van der Waals surface area contributed by atoms with Gasteiger partial charge in [0.15, 0.2) is 11.5 Å². The minimum absolute atomic E-state index is 0.0773. The van der Waals surface area contributed by atoms with E-state index in [0.29, 0.717) is 24.7 Å². The molecule has 1 amide bonds. The van der Waals surface area contributed by atoms with Gasteiger partial charge in [0.1, 0.15) is 0 Å². The Morgan fingerprint density at radius 1 is 1.07 bits per heavy atom. The summed E-state index contributed by atoms with van der Waals surface area (Å²) in [7, 11) is 0. The van der Waals surface area contributed by atoms with E-state index in [1.54, 1.807) is 11.3 Å². The molecular weight excluding hydrogens is 372 g/mol. The fourth-order valence-electron chi connectivity index (χ4n) is 3.12. The number of nitrogens with zero attached hydrogens (tertiary/aromatic N) is 1. The standard InChI is InChI=1S/C22H22N2O3S/c1-14-4-6-16(7-5-14)22-20(28-15(2)23-22)13-21(25)24-17-8-9-18-19(12-17)27-11-3-10-26-18/h4-9,12H,3,10-11,13H2,1-2H3,(H,24,25). The first-order valence-electron chi connectivity index (χ1n) is 9.31. The Morgan fingerprint density at radius 2 is 1.82 bits per heavy atom. The Balaban J connectivity index is 1.50. The lowest BCUT2D eigenvalue weighted by Crippen LogP contribution is -2.14. The summed E-state index contributed by atoms with van der Waals surface area (Å²) in [6.45, 7) is 5.28. The van der Waals surface area contributed by atoms with Gasteiger partial charge >= 0.3 is 0 Å². The number of carbonyl (C=O) groups is 1. The monoisotopic (exact) mass is 394 g/mol. The van der Waals surface area contributed by atoms with E-state index in [9.17, 15) is 4.79 Å². The molecule has 2 heterocycles. The first-order valence-corrected chi connectivity index (χ1v) is 10.1. The van der Waals surface area contributed by atoms with E-state index in [-0.39, 0.29) is 12.3 Å². The second-order valence-corrected chi connectivity index (χ2v) is 8.10. The van der Waals surface area contributed by atoms with Gasteiger partial charge in [-0.1, -0.05) is 29.8 Å². The van der Waals surface area contributed by atoms with E-state index < -0.39 is 0 Å². The maximum absolute atomic E-state index is 12.7. The zero-order valence-corrected chi connectivity index (χ0v) is 16.8. The summed E-state index contributed by atoms with van der Waals surface area (Å²) in [5.41, 5.74) is 3.82. The van der Waals surface area contributed by atoms with Crippen LogP contribution in [0.5, 0.6) is 11.5 Å². The van der Waals surface area contributed by atoms with E-state index in [4.69, 9.17) is 9.47 Å². The number of fused-ring (bicyclic) bond motifs is 1. The SMILES string of the molecule is Cc1ccc(-c2nc(C)sc2CC(=O)Nc2ccc3c(c2)OCCCO3)cc1. The van der Waals surface area contributed by atoms with Gasteiger partial charge < -0.3 is 14.8 Å². The minimum atomic E-state index is -0.0773. The Hall–Kier alpha value is -2.86. The number of thiazole rings is 1. The third-order valence-electron chi connectivity index (χ3n) is 4.48. The zero-order chi connectivity index (χ0) is 19.5. The van der Waals surface area contributed by atoms with Crippen LogP contribution in [0.2, 0.25) is 0 Å². The van der Waals surface area contributed by atoms with Crippen LogP contribution in [-0.4, -0.2) is 24.1 Å². The quantitative estimate of drug-likeness (QED) is 0.692. The average Bonchev–Trinajstić information content (AvgIpc) is 2.88. The summed E-state index contributed by atoms with van der Waals surface area (Å²) in [4.78, 5) is 18.3. The molecule has 1 N–H and O–H groups in total. The number of aryl methyl sites for hydroxylation is 2. The van der Waals surface area contributed by atoms with Crippen molar-refractivity contribution in [3.8, 4) is 22.8 Å². The molecule has 0 radical (unpaired) electrons. The maximum Gasteiger partial charge on any atom is 0.229 e. The van der Waals surface area contributed by atoms with Gasteiger partial charge in [-0.05, 0) is 26.0 Å². The summed E-state index contributed by atoms with van der Waals surface area (Å²) >= 11 is 1.56. The molecule has 0 bridgehead atoms. The number of amides is 1. The topological polar surface area (TPSA) is 60.5 Å². The van der Waals surface area contributed by atoms with E-state index in [0.717, 1.165) is 33.3 Å². The molecule has 0 unspecified atom stereocenters. The molecule has 2 aromatic carbocycles. The van der Waals surface area contributed by atoms with Crippen molar-refractivity contribution in [1.29, 1.82) is 0 Å². The van der Waals surface area contributed by atoms with Crippen LogP contribution >= 0.6 is 11.3 Å². The summed E-state index contributed by atoms with van der Waals surface area (Å²) in [5.74, 6) is 1.31. The molecule has 0 saturated carbocycles. The summed E-state index contributed by atoms with van der Waals surface area (Å²) in [6, 6.07) is 13.7. The molecule has 0 fully saturated rings. The van der Waals surface area contributed by atoms with Crippen molar-refractivity contribution in [3.63, 3.8) is 0 Å². The molecule has 5 nitrogen and oxygen atoms in total. The largest absolute Gasteiger partial charge is 0.490 e. The van der Waals surface area contributed by atoms with Crippen LogP contribution in [0.3, 0.4) is 0 Å². The first kappa shape index (κ1) is 18.5. The van der Waals surface area contributed by atoms with Gasteiger partial charge in [0.05, 0.1) is 30.3 Å². The fourth-order valence-corrected chi connectivity index (χ4v) is 4.08. The van der Waals surface area contributed by atoms with Crippen molar-refractivity contribution in [2.75, 3.05) is 18.5 Å².